The van der Waals surface area contributed by atoms with Crippen LogP contribution in [0.1, 0.15) is 22.8 Å². The summed E-state index contributed by atoms with van der Waals surface area (Å²) in [6, 6.07) is 10.9. The lowest BCUT2D eigenvalue weighted by atomic mass is 9.68. The highest BCUT2D eigenvalue weighted by atomic mass is 79.9. The molecule has 2 amide bonds. The monoisotopic (exact) mass is 614 g/mol. The van der Waals surface area contributed by atoms with E-state index in [2.05, 4.69) is 20.9 Å². The third kappa shape index (κ3) is 3.24. The molecule has 0 spiro atoms. The van der Waals surface area contributed by atoms with Crippen LogP contribution in [0.2, 0.25) is 0 Å². The van der Waals surface area contributed by atoms with Crippen molar-refractivity contribution in [2.45, 2.75) is 22.6 Å². The summed E-state index contributed by atoms with van der Waals surface area (Å²) in [5, 5.41) is 11.4. The molecule has 2 saturated carbocycles. The minimum atomic E-state index is -0.390. The van der Waals surface area contributed by atoms with Crippen molar-refractivity contribution in [3.63, 3.8) is 0 Å². The third-order valence-corrected chi connectivity index (χ3v) is 11.8. The van der Waals surface area contributed by atoms with Gasteiger partial charge in [-0.2, -0.15) is 0 Å². The van der Waals surface area contributed by atoms with Gasteiger partial charge in [0.05, 0.1) is 36.8 Å². The van der Waals surface area contributed by atoms with Crippen LogP contribution in [0.3, 0.4) is 0 Å². The number of rotatable bonds is 4. The number of carbonyl (C=O) groups is 2. The predicted octanol–water partition coefficient (Wildman–Crippen LogP) is 4.60. The standard InChI is InChI=1S/C27H23BrN2O6S2/c1-35-15-7-10(8-16(36-2)21(15)31)17-18-13-9-14(22(18)37-24-23(17)38-27(34)29-24)20-19(13)25(32)30(26(20)33)12-5-3-11(28)4-6-12/h3-8,13-14,17-20,22,31H,9H2,1-2H3,(H,29,34)/t13-,14-,17+,18+,19+,20+,22-/m1/s1. The molecule has 2 bridgehead atoms. The van der Waals surface area contributed by atoms with Gasteiger partial charge in [0, 0.05) is 20.5 Å². The van der Waals surface area contributed by atoms with Gasteiger partial charge >= 0.3 is 4.87 Å². The number of halogens is 1. The van der Waals surface area contributed by atoms with Gasteiger partial charge in [-0.05, 0) is 66.1 Å². The summed E-state index contributed by atoms with van der Waals surface area (Å²) in [6.45, 7) is 0. The van der Waals surface area contributed by atoms with Gasteiger partial charge in [0.2, 0.25) is 17.6 Å². The molecule has 2 N–H and O–H groups in total. The maximum Gasteiger partial charge on any atom is 0.305 e. The molecule has 2 aromatic carbocycles. The van der Waals surface area contributed by atoms with E-state index in [0.717, 1.165) is 26.4 Å². The number of carbonyl (C=O) groups excluding carboxylic acids is 2. The molecule has 7 rings (SSSR count). The molecule has 3 aromatic rings. The van der Waals surface area contributed by atoms with Crippen molar-refractivity contribution in [2.75, 3.05) is 19.1 Å². The first-order valence-electron chi connectivity index (χ1n) is 12.3. The summed E-state index contributed by atoms with van der Waals surface area (Å²) >= 11 is 6.25. The number of benzene rings is 2. The first kappa shape index (κ1) is 24.3. The van der Waals surface area contributed by atoms with Gasteiger partial charge in [-0.15, -0.1) is 11.8 Å². The summed E-state index contributed by atoms with van der Waals surface area (Å²) in [5.74, 6) is -0.680. The SMILES string of the molecule is COc1cc([C@@H]2c3sc(=O)[nH]c3S[C@@H]3[C@@H]4C[C@@H]([C@@H]5C(=O)N(c6ccc(Br)cc6)C(=O)[C@@H]45)[C@@H]23)cc(OC)c1O. The number of phenolic OH excluding ortho intramolecular Hbond substituents is 1. The van der Waals surface area contributed by atoms with E-state index in [1.165, 1.54) is 30.5 Å². The molecule has 7 atom stereocenters. The molecule has 2 aliphatic heterocycles. The number of hydrogen-bond donors (Lipinski definition) is 2. The number of aromatic nitrogens is 1. The summed E-state index contributed by atoms with van der Waals surface area (Å²) in [6.07, 6.45) is 0.797. The zero-order valence-electron chi connectivity index (χ0n) is 20.3. The van der Waals surface area contributed by atoms with Crippen LogP contribution in [0, 0.1) is 29.6 Å². The molecule has 1 aromatic heterocycles. The van der Waals surface area contributed by atoms with Crippen LogP contribution < -0.4 is 19.2 Å². The number of nitrogens with zero attached hydrogens (tertiary/aromatic N) is 1. The van der Waals surface area contributed by atoms with Crippen LogP contribution in [0.5, 0.6) is 17.2 Å². The Morgan fingerprint density at radius 2 is 1.63 bits per heavy atom. The number of nitrogens with one attached hydrogen (secondary N) is 1. The molecular weight excluding hydrogens is 592 g/mol. The number of thioether (sulfide) groups is 1. The van der Waals surface area contributed by atoms with Crippen molar-refractivity contribution in [1.82, 2.24) is 4.98 Å². The number of hydrogen-bond acceptors (Lipinski definition) is 8. The number of phenols is 1. The molecular formula is C27H23BrN2O6S2. The highest BCUT2D eigenvalue weighted by Crippen LogP contribution is 2.69. The van der Waals surface area contributed by atoms with Crippen molar-refractivity contribution in [3.05, 3.63) is 61.0 Å². The highest BCUT2D eigenvalue weighted by molar-refractivity contribution is 9.10. The number of fused-ring (bicyclic) bond motifs is 9. The van der Waals surface area contributed by atoms with Crippen LogP contribution in [-0.4, -0.2) is 41.4 Å². The minimum Gasteiger partial charge on any atom is -0.502 e. The number of imide groups is 1. The lowest BCUT2D eigenvalue weighted by molar-refractivity contribution is -0.123. The predicted molar refractivity (Wildman–Crippen MR) is 146 cm³/mol. The number of aromatic hydroxyl groups is 1. The number of ether oxygens (including phenoxy) is 2. The molecule has 4 aliphatic rings. The Balaban J connectivity index is 1.34. The van der Waals surface area contributed by atoms with E-state index in [4.69, 9.17) is 9.47 Å². The number of thiazole rings is 1. The second-order valence-electron chi connectivity index (χ2n) is 10.2. The van der Waals surface area contributed by atoms with E-state index in [-0.39, 0.29) is 68.8 Å². The van der Waals surface area contributed by atoms with Gasteiger partial charge in [0.15, 0.2) is 11.5 Å². The molecule has 0 unspecified atom stereocenters. The second-order valence-corrected chi connectivity index (χ2v) is 13.3. The van der Waals surface area contributed by atoms with Crippen molar-refractivity contribution in [2.24, 2.45) is 29.6 Å². The molecule has 8 nitrogen and oxygen atoms in total. The Labute approximate surface area is 234 Å². The number of H-pyrrole nitrogens is 1. The van der Waals surface area contributed by atoms with Gasteiger partial charge < -0.3 is 19.6 Å². The van der Waals surface area contributed by atoms with Crippen LogP contribution in [-0.2, 0) is 9.59 Å². The van der Waals surface area contributed by atoms with Gasteiger partial charge in [-0.1, -0.05) is 27.3 Å². The van der Waals surface area contributed by atoms with Crippen LogP contribution >= 0.6 is 39.0 Å². The first-order chi connectivity index (χ1) is 18.3. The topological polar surface area (TPSA) is 109 Å². The molecule has 196 valence electrons. The van der Waals surface area contributed by atoms with Crippen molar-refractivity contribution in [1.29, 1.82) is 0 Å². The lowest BCUT2D eigenvalue weighted by Crippen LogP contribution is -2.42. The van der Waals surface area contributed by atoms with E-state index in [1.54, 1.807) is 36.0 Å². The highest BCUT2D eigenvalue weighted by Gasteiger charge is 2.69. The molecule has 1 saturated heterocycles. The lowest BCUT2D eigenvalue weighted by Gasteiger charge is -2.43. The molecule has 2 aliphatic carbocycles. The van der Waals surface area contributed by atoms with E-state index in [1.807, 2.05) is 12.1 Å². The van der Waals surface area contributed by atoms with Crippen LogP contribution in [0.15, 0.2) is 50.7 Å². The van der Waals surface area contributed by atoms with E-state index >= 15 is 0 Å². The second kappa shape index (κ2) is 8.62. The fraction of sp³-hybridized carbons (Fsp3) is 0.370. The van der Waals surface area contributed by atoms with Crippen molar-refractivity contribution >= 4 is 56.5 Å². The van der Waals surface area contributed by atoms with Crippen LogP contribution in [0.4, 0.5) is 5.69 Å². The maximum absolute atomic E-state index is 13.8. The number of aromatic amines is 1. The third-order valence-electron chi connectivity index (χ3n) is 8.67. The average molecular weight is 616 g/mol. The Morgan fingerprint density at radius 3 is 2.26 bits per heavy atom. The zero-order valence-corrected chi connectivity index (χ0v) is 23.6. The summed E-state index contributed by atoms with van der Waals surface area (Å²) in [7, 11) is 2.97. The van der Waals surface area contributed by atoms with E-state index in [9.17, 15) is 19.5 Å². The smallest absolute Gasteiger partial charge is 0.305 e. The molecule has 38 heavy (non-hydrogen) atoms. The fourth-order valence-corrected chi connectivity index (χ4v) is 10.5. The Hall–Kier alpha value is -2.76. The molecule has 3 fully saturated rings. The average Bonchev–Trinajstić information content (AvgIpc) is 3.64. The number of anilines is 1. The van der Waals surface area contributed by atoms with Crippen molar-refractivity contribution < 1.29 is 24.2 Å². The first-order valence-corrected chi connectivity index (χ1v) is 14.8. The largest absolute Gasteiger partial charge is 0.502 e. The normalized spacial score (nSPS) is 30.8. The fourth-order valence-electron chi connectivity index (χ4n) is 7.33. The van der Waals surface area contributed by atoms with E-state index in [0.29, 0.717) is 5.69 Å². The van der Waals surface area contributed by atoms with E-state index < -0.39 is 5.92 Å². The summed E-state index contributed by atoms with van der Waals surface area (Å²) in [5.41, 5.74) is 1.45. The Kier molecular flexibility index (Phi) is 5.51. The maximum atomic E-state index is 13.8. The Morgan fingerprint density at radius 1 is 1.00 bits per heavy atom. The molecule has 11 heteroatoms. The molecule has 0 radical (unpaired) electrons. The number of methoxy groups -OCH3 is 2. The minimum absolute atomic E-state index is 0.0134. The van der Waals surface area contributed by atoms with Gasteiger partial charge in [0.1, 0.15) is 0 Å². The van der Waals surface area contributed by atoms with Gasteiger partial charge in [0.25, 0.3) is 0 Å². The quantitative estimate of drug-likeness (QED) is 0.413. The van der Waals surface area contributed by atoms with Crippen LogP contribution in [0.25, 0.3) is 0 Å². The molecule has 3 heterocycles. The van der Waals surface area contributed by atoms with Crippen molar-refractivity contribution in [3.8, 4) is 17.2 Å². The summed E-state index contributed by atoms with van der Waals surface area (Å²) in [4.78, 5) is 45.2. The Bertz CT molecular complexity index is 1530. The van der Waals surface area contributed by atoms with Gasteiger partial charge in [-0.3, -0.25) is 19.3 Å². The van der Waals surface area contributed by atoms with Gasteiger partial charge in [-0.25, -0.2) is 0 Å². The summed E-state index contributed by atoms with van der Waals surface area (Å²) < 4.78 is 11.8. The zero-order chi connectivity index (χ0) is 26.5. The number of amides is 2.